The number of unbranched alkanes of at least 4 members (excludes halogenated alkanes) is 35. The summed E-state index contributed by atoms with van der Waals surface area (Å²) in [7, 11) is -9.91. The standard InChI is InChI=1S/C74H144O17P2/c1-9-66(7)52-44-36-27-23-19-15-11-12-16-20-24-28-38-46-54-71(76)84-60-70(91-74(79)57-49-41-32-30-35-43-51-65(5)6)63-89-93(82,83)87-59-68(75)58-86-92(80,81)88-62-69(61-85-72(77)55-47-39-33-31-37-45-53-67(8)10-2)90-73(78)56-48-40-29-25-21-17-13-14-18-22-26-34-42-50-64(3)4/h64-70,75H,9-63H2,1-8H3,(H,80,81)(H,82,83)/t66?,67?,68-,69+,70+/m0/s1. The molecule has 552 valence electrons. The molecule has 0 saturated heterocycles. The number of phosphoric ester groups is 2. The number of hydrogen-bond acceptors (Lipinski definition) is 15. The minimum Gasteiger partial charge on any atom is -0.462 e. The highest BCUT2D eigenvalue weighted by atomic mass is 31.2. The van der Waals surface area contributed by atoms with E-state index in [0.717, 1.165) is 114 Å². The van der Waals surface area contributed by atoms with Gasteiger partial charge in [0.05, 0.1) is 26.4 Å². The molecule has 0 spiro atoms. The molecule has 3 N–H and O–H groups in total. The zero-order valence-corrected chi connectivity index (χ0v) is 62.7. The first-order valence-corrected chi connectivity index (χ1v) is 41.3. The van der Waals surface area contributed by atoms with Gasteiger partial charge < -0.3 is 33.8 Å². The number of aliphatic hydroxyl groups excluding tert-OH is 1. The first kappa shape index (κ1) is 91.1. The van der Waals surface area contributed by atoms with E-state index in [4.69, 9.17) is 37.0 Å². The Balaban J connectivity index is 5.18. The average Bonchev–Trinajstić information content (AvgIpc) is 3.30. The van der Waals surface area contributed by atoms with Crippen LogP contribution < -0.4 is 0 Å². The number of ether oxygens (including phenoxy) is 4. The number of aliphatic hydroxyl groups is 1. The fourth-order valence-electron chi connectivity index (χ4n) is 11.1. The van der Waals surface area contributed by atoms with Crippen LogP contribution in [0.25, 0.3) is 0 Å². The summed E-state index contributed by atoms with van der Waals surface area (Å²) in [6.07, 6.45) is 47.4. The van der Waals surface area contributed by atoms with E-state index in [9.17, 15) is 43.2 Å². The van der Waals surface area contributed by atoms with Crippen molar-refractivity contribution in [2.45, 2.75) is 388 Å². The molecular weight excluding hydrogens is 1220 g/mol. The number of rotatable bonds is 71. The predicted molar refractivity (Wildman–Crippen MR) is 377 cm³/mol. The summed E-state index contributed by atoms with van der Waals surface area (Å²) in [5.74, 6) is 0.908. The van der Waals surface area contributed by atoms with Crippen molar-refractivity contribution in [3.05, 3.63) is 0 Å². The summed E-state index contributed by atoms with van der Waals surface area (Å²) in [4.78, 5) is 72.6. The lowest BCUT2D eigenvalue weighted by atomic mass is 9.99. The lowest BCUT2D eigenvalue weighted by Crippen LogP contribution is -2.30. The third kappa shape index (κ3) is 65.8. The van der Waals surface area contributed by atoms with Gasteiger partial charge in [-0.3, -0.25) is 37.3 Å². The summed E-state index contributed by atoms with van der Waals surface area (Å²) in [5.41, 5.74) is 0. The molecule has 0 heterocycles. The quantitative estimate of drug-likeness (QED) is 0.0222. The van der Waals surface area contributed by atoms with E-state index in [0.29, 0.717) is 31.6 Å². The van der Waals surface area contributed by atoms with E-state index in [1.807, 2.05) is 0 Å². The van der Waals surface area contributed by atoms with Gasteiger partial charge in [-0.1, -0.05) is 319 Å². The number of hydrogen-bond donors (Lipinski definition) is 3. The minimum absolute atomic E-state index is 0.102. The first-order valence-electron chi connectivity index (χ1n) is 38.3. The fourth-order valence-corrected chi connectivity index (χ4v) is 12.7. The lowest BCUT2D eigenvalue weighted by Gasteiger charge is -2.21. The Bertz CT molecular complexity index is 1840. The molecule has 7 atom stereocenters. The normalized spacial score (nSPS) is 14.8. The van der Waals surface area contributed by atoms with Gasteiger partial charge in [-0.2, -0.15) is 0 Å². The second-order valence-electron chi connectivity index (χ2n) is 28.1. The largest absolute Gasteiger partial charge is 0.472 e. The van der Waals surface area contributed by atoms with Crippen molar-refractivity contribution < 1.29 is 80.2 Å². The Kier molecular flexibility index (Phi) is 62.2. The molecule has 0 aromatic rings. The second kappa shape index (κ2) is 63.5. The molecule has 0 bridgehead atoms. The topological polar surface area (TPSA) is 237 Å². The maximum atomic E-state index is 13.0. The fraction of sp³-hybridized carbons (Fsp3) is 0.946. The Morgan fingerprint density at radius 3 is 0.763 bits per heavy atom. The molecule has 4 unspecified atom stereocenters. The van der Waals surface area contributed by atoms with Gasteiger partial charge in [-0.05, 0) is 49.4 Å². The van der Waals surface area contributed by atoms with E-state index in [1.165, 1.54) is 167 Å². The Morgan fingerprint density at radius 1 is 0.301 bits per heavy atom. The molecule has 17 nitrogen and oxygen atoms in total. The molecule has 93 heavy (non-hydrogen) atoms. The van der Waals surface area contributed by atoms with Gasteiger partial charge in [0.25, 0.3) is 0 Å². The van der Waals surface area contributed by atoms with E-state index in [1.54, 1.807) is 0 Å². The molecule has 0 aliphatic heterocycles. The summed E-state index contributed by atoms with van der Waals surface area (Å²) in [5, 5.41) is 10.6. The summed E-state index contributed by atoms with van der Waals surface area (Å²) < 4.78 is 68.4. The molecule has 0 saturated carbocycles. The monoisotopic (exact) mass is 1370 g/mol. The van der Waals surface area contributed by atoms with Crippen molar-refractivity contribution in [3.63, 3.8) is 0 Å². The molecule has 0 fully saturated rings. The van der Waals surface area contributed by atoms with E-state index in [2.05, 4.69) is 55.4 Å². The molecule has 0 amide bonds. The van der Waals surface area contributed by atoms with Crippen molar-refractivity contribution >= 4 is 39.5 Å². The van der Waals surface area contributed by atoms with Gasteiger partial charge in [0, 0.05) is 25.7 Å². The third-order valence-corrected chi connectivity index (χ3v) is 19.7. The number of phosphoric acid groups is 2. The van der Waals surface area contributed by atoms with Crippen LogP contribution in [0.5, 0.6) is 0 Å². The van der Waals surface area contributed by atoms with Crippen molar-refractivity contribution in [2.75, 3.05) is 39.6 Å². The van der Waals surface area contributed by atoms with Gasteiger partial charge in [-0.25, -0.2) is 9.13 Å². The van der Waals surface area contributed by atoms with Crippen molar-refractivity contribution in [1.29, 1.82) is 0 Å². The van der Waals surface area contributed by atoms with Gasteiger partial charge >= 0.3 is 39.5 Å². The van der Waals surface area contributed by atoms with Crippen LogP contribution in [-0.4, -0.2) is 96.7 Å². The van der Waals surface area contributed by atoms with Crippen LogP contribution in [-0.2, 0) is 65.4 Å². The number of esters is 4. The van der Waals surface area contributed by atoms with E-state index in [-0.39, 0.29) is 25.7 Å². The van der Waals surface area contributed by atoms with Crippen LogP contribution in [0.1, 0.15) is 370 Å². The molecule has 0 aliphatic carbocycles. The van der Waals surface area contributed by atoms with Crippen LogP contribution in [0.3, 0.4) is 0 Å². The Hall–Kier alpha value is -1.94. The molecule has 19 heteroatoms. The number of carbonyl (C=O) groups is 4. The highest BCUT2D eigenvalue weighted by Crippen LogP contribution is 2.45. The average molecular weight is 1370 g/mol. The van der Waals surface area contributed by atoms with Gasteiger partial charge in [-0.15, -0.1) is 0 Å². The highest BCUT2D eigenvalue weighted by Gasteiger charge is 2.30. The molecular formula is C74H144O17P2. The Morgan fingerprint density at radius 2 is 0.516 bits per heavy atom. The highest BCUT2D eigenvalue weighted by molar-refractivity contribution is 7.47. The van der Waals surface area contributed by atoms with Crippen molar-refractivity contribution in [1.82, 2.24) is 0 Å². The van der Waals surface area contributed by atoms with Crippen molar-refractivity contribution in [3.8, 4) is 0 Å². The second-order valence-corrected chi connectivity index (χ2v) is 31.0. The summed E-state index contributed by atoms with van der Waals surface area (Å²) in [6.45, 7) is 14.1. The molecule has 0 aromatic heterocycles. The van der Waals surface area contributed by atoms with Crippen LogP contribution in [0, 0.1) is 23.7 Å². The summed E-state index contributed by atoms with van der Waals surface area (Å²) in [6, 6.07) is 0. The molecule has 0 radical (unpaired) electrons. The SMILES string of the molecule is CCC(C)CCCCCCCCCCCCCCCCC(=O)OC[C@H](COP(=O)(O)OC[C@@H](O)COP(=O)(O)OC[C@@H](COC(=O)CCCCCCCCC(C)CC)OC(=O)CCCCCCCCCCCCCCCC(C)C)OC(=O)CCCCCCCCC(C)C. The predicted octanol–water partition coefficient (Wildman–Crippen LogP) is 21.3. The molecule has 0 rings (SSSR count). The lowest BCUT2D eigenvalue weighted by molar-refractivity contribution is -0.161. The molecule has 0 aliphatic rings. The van der Waals surface area contributed by atoms with E-state index >= 15 is 0 Å². The Labute approximate surface area is 568 Å². The zero-order chi connectivity index (χ0) is 68.9. The van der Waals surface area contributed by atoms with Gasteiger partial charge in [0.1, 0.15) is 19.3 Å². The van der Waals surface area contributed by atoms with Gasteiger partial charge in [0.15, 0.2) is 12.2 Å². The summed E-state index contributed by atoms with van der Waals surface area (Å²) >= 11 is 0. The maximum Gasteiger partial charge on any atom is 0.472 e. The van der Waals surface area contributed by atoms with Crippen LogP contribution in [0.4, 0.5) is 0 Å². The van der Waals surface area contributed by atoms with Crippen molar-refractivity contribution in [2.24, 2.45) is 23.7 Å². The number of carbonyl (C=O) groups excluding carboxylic acids is 4. The van der Waals surface area contributed by atoms with Crippen LogP contribution in [0.2, 0.25) is 0 Å². The third-order valence-electron chi connectivity index (χ3n) is 17.8. The minimum atomic E-state index is -4.95. The van der Waals surface area contributed by atoms with E-state index < -0.39 is 97.5 Å². The van der Waals surface area contributed by atoms with Crippen LogP contribution >= 0.6 is 15.6 Å². The van der Waals surface area contributed by atoms with Crippen LogP contribution in [0.15, 0.2) is 0 Å². The molecule has 0 aromatic carbocycles. The first-order chi connectivity index (χ1) is 44.7. The smallest absolute Gasteiger partial charge is 0.462 e. The van der Waals surface area contributed by atoms with Gasteiger partial charge in [0.2, 0.25) is 0 Å². The maximum absolute atomic E-state index is 13.0. The zero-order valence-electron chi connectivity index (χ0n) is 60.9.